The summed E-state index contributed by atoms with van der Waals surface area (Å²) in [6, 6.07) is 0.263. The first-order chi connectivity index (χ1) is 16.7. The second kappa shape index (κ2) is 14.3. The van der Waals surface area contributed by atoms with Crippen molar-refractivity contribution in [2.45, 2.75) is 57.5 Å². The number of rotatable bonds is 6. The number of alkyl halides is 6. The second-order valence-corrected chi connectivity index (χ2v) is 8.00. The van der Waals surface area contributed by atoms with E-state index in [4.69, 9.17) is 24.5 Å². The van der Waals surface area contributed by atoms with E-state index in [9.17, 15) is 26.3 Å². The molecule has 1 unspecified atom stereocenters. The monoisotopic (exact) mass is 535 g/mol. The Balaban J connectivity index is 0.000000383. The number of carboxylic acid groups (broad SMARTS) is 2. The molecule has 0 bridgehead atoms. The second-order valence-electron chi connectivity index (χ2n) is 8.00. The molecule has 10 nitrogen and oxygen atoms in total. The zero-order valence-electron chi connectivity index (χ0n) is 20.0. The number of fused-ring (bicyclic) bond motifs is 1. The van der Waals surface area contributed by atoms with Crippen LogP contribution in [0.25, 0.3) is 0 Å². The van der Waals surface area contributed by atoms with E-state index in [1.54, 1.807) is 7.11 Å². The normalized spacial score (nSPS) is 18.8. The van der Waals surface area contributed by atoms with Crippen LogP contribution >= 0.6 is 0 Å². The van der Waals surface area contributed by atoms with E-state index in [2.05, 4.69) is 27.0 Å². The molecule has 1 saturated heterocycles. The third kappa shape index (κ3) is 10.3. The van der Waals surface area contributed by atoms with E-state index < -0.39 is 24.3 Å². The summed E-state index contributed by atoms with van der Waals surface area (Å²) < 4.78 is 71.0. The van der Waals surface area contributed by atoms with Crippen LogP contribution < -0.4 is 0 Å². The maximum atomic E-state index is 10.6. The minimum absolute atomic E-state index is 0.263. The standard InChI is InChI=1S/C16H29N5O.2C2HF3O2/c1-3-21-14-7-10-20(12-11-19-8-5-4-6-9-19)15(13-22-2)16(14)17-18-21;2*3-2(4,5)1(6)7/h15H,3-13H2,1-2H3;2*(H,6,7). The van der Waals surface area contributed by atoms with Gasteiger partial charge in [-0.05, 0) is 32.9 Å². The van der Waals surface area contributed by atoms with Gasteiger partial charge in [-0.1, -0.05) is 11.6 Å². The predicted molar refractivity (Wildman–Crippen MR) is 113 cm³/mol. The number of ether oxygens (including phenoxy) is 1. The topological polar surface area (TPSA) is 121 Å². The van der Waals surface area contributed by atoms with Crippen molar-refractivity contribution < 1.29 is 50.9 Å². The highest BCUT2D eigenvalue weighted by molar-refractivity contribution is 5.73. The van der Waals surface area contributed by atoms with E-state index in [0.29, 0.717) is 6.61 Å². The molecule has 0 aromatic carbocycles. The van der Waals surface area contributed by atoms with Gasteiger partial charge in [-0.25, -0.2) is 14.3 Å². The number of likely N-dealkylation sites (tertiary alicyclic amines) is 1. The highest BCUT2D eigenvalue weighted by Gasteiger charge is 2.39. The molecule has 1 aromatic heterocycles. The molecule has 0 amide bonds. The zero-order valence-corrected chi connectivity index (χ0v) is 20.0. The van der Waals surface area contributed by atoms with Crippen molar-refractivity contribution in [1.82, 2.24) is 24.8 Å². The van der Waals surface area contributed by atoms with Crippen molar-refractivity contribution in [2.75, 3.05) is 46.4 Å². The minimum Gasteiger partial charge on any atom is -0.475 e. The fourth-order valence-corrected chi connectivity index (χ4v) is 3.76. The first-order valence-electron chi connectivity index (χ1n) is 11.2. The molecule has 16 heteroatoms. The third-order valence-electron chi connectivity index (χ3n) is 5.52. The number of piperidine rings is 1. The Hall–Kier alpha value is -2.46. The van der Waals surface area contributed by atoms with Crippen LogP contribution in [0.1, 0.15) is 43.6 Å². The summed E-state index contributed by atoms with van der Waals surface area (Å²) in [6.45, 7) is 9.61. The van der Waals surface area contributed by atoms with Crippen LogP contribution in [-0.4, -0.2) is 106 Å². The lowest BCUT2D eigenvalue weighted by Gasteiger charge is -2.36. The largest absolute Gasteiger partial charge is 0.490 e. The zero-order chi connectivity index (χ0) is 27.5. The van der Waals surface area contributed by atoms with Crippen LogP contribution in [0.15, 0.2) is 0 Å². The lowest BCUT2D eigenvalue weighted by Crippen LogP contribution is -2.43. The summed E-state index contributed by atoms with van der Waals surface area (Å²) in [7, 11) is 1.78. The van der Waals surface area contributed by atoms with Gasteiger partial charge in [-0.2, -0.15) is 26.3 Å². The Bertz CT molecular complexity index is 803. The number of carboxylic acids is 2. The predicted octanol–water partition coefficient (Wildman–Crippen LogP) is 2.60. The number of aliphatic carboxylic acids is 2. The third-order valence-corrected chi connectivity index (χ3v) is 5.52. The van der Waals surface area contributed by atoms with E-state index in [1.165, 1.54) is 38.0 Å². The van der Waals surface area contributed by atoms with Crippen molar-refractivity contribution in [3.8, 4) is 0 Å². The molecule has 1 atom stereocenters. The fraction of sp³-hybridized carbons (Fsp3) is 0.800. The van der Waals surface area contributed by atoms with Crippen LogP contribution in [0.5, 0.6) is 0 Å². The molecule has 3 heterocycles. The van der Waals surface area contributed by atoms with Gasteiger partial charge in [0.05, 0.1) is 18.3 Å². The summed E-state index contributed by atoms with van der Waals surface area (Å²) in [5.41, 5.74) is 2.44. The SMILES string of the molecule is CCn1nnc2c1CCN(CCN1CCCCC1)C2COC.O=C(O)C(F)(F)F.O=C(O)C(F)(F)F. The molecule has 36 heavy (non-hydrogen) atoms. The van der Waals surface area contributed by atoms with Crippen molar-refractivity contribution >= 4 is 11.9 Å². The average Bonchev–Trinajstić information content (AvgIpc) is 3.22. The number of aryl methyl sites for hydroxylation is 1. The summed E-state index contributed by atoms with van der Waals surface area (Å²) in [5, 5.41) is 23.0. The van der Waals surface area contributed by atoms with Gasteiger partial charge in [0.1, 0.15) is 5.69 Å². The molecule has 1 fully saturated rings. The van der Waals surface area contributed by atoms with Crippen LogP contribution in [-0.2, 0) is 27.3 Å². The summed E-state index contributed by atoms with van der Waals surface area (Å²) in [6.07, 6.45) is -5.00. The summed E-state index contributed by atoms with van der Waals surface area (Å²) >= 11 is 0. The number of nitrogens with zero attached hydrogens (tertiary/aromatic N) is 5. The lowest BCUT2D eigenvalue weighted by atomic mass is 10.0. The molecule has 2 aliphatic heterocycles. The van der Waals surface area contributed by atoms with E-state index >= 15 is 0 Å². The number of hydrogen-bond donors (Lipinski definition) is 2. The maximum absolute atomic E-state index is 10.6. The number of halogens is 6. The summed E-state index contributed by atoms with van der Waals surface area (Å²) in [4.78, 5) is 22.9. The number of methoxy groups -OCH3 is 1. The van der Waals surface area contributed by atoms with Crippen molar-refractivity contribution in [2.24, 2.45) is 0 Å². The molecule has 1 aromatic rings. The van der Waals surface area contributed by atoms with E-state index in [-0.39, 0.29) is 6.04 Å². The molecule has 208 valence electrons. The van der Waals surface area contributed by atoms with Gasteiger partial charge in [0, 0.05) is 39.7 Å². The first kappa shape index (κ1) is 31.6. The van der Waals surface area contributed by atoms with Gasteiger partial charge >= 0.3 is 24.3 Å². The number of carbonyl (C=O) groups is 2. The Morgan fingerprint density at radius 1 is 0.972 bits per heavy atom. The van der Waals surface area contributed by atoms with Crippen LogP contribution in [0.4, 0.5) is 26.3 Å². The van der Waals surface area contributed by atoms with Crippen molar-refractivity contribution in [1.29, 1.82) is 0 Å². The van der Waals surface area contributed by atoms with Crippen molar-refractivity contribution in [3.05, 3.63) is 11.4 Å². The van der Waals surface area contributed by atoms with E-state index in [0.717, 1.165) is 38.3 Å². The minimum atomic E-state index is -5.08. The number of hydrogen-bond acceptors (Lipinski definition) is 7. The Labute approximate surface area is 203 Å². The molecule has 0 radical (unpaired) electrons. The van der Waals surface area contributed by atoms with Gasteiger partial charge < -0.3 is 19.8 Å². The fourth-order valence-electron chi connectivity index (χ4n) is 3.76. The highest BCUT2D eigenvalue weighted by Crippen LogP contribution is 2.28. The number of aromatic nitrogens is 3. The molecule has 0 saturated carbocycles. The highest BCUT2D eigenvalue weighted by atomic mass is 19.4. The quantitative estimate of drug-likeness (QED) is 0.530. The summed E-state index contributed by atoms with van der Waals surface area (Å²) in [5.74, 6) is -5.51. The first-order valence-corrected chi connectivity index (χ1v) is 11.2. The van der Waals surface area contributed by atoms with Crippen molar-refractivity contribution in [3.63, 3.8) is 0 Å². The average molecular weight is 535 g/mol. The van der Waals surface area contributed by atoms with E-state index in [1.807, 2.05) is 4.68 Å². The Morgan fingerprint density at radius 2 is 1.50 bits per heavy atom. The molecule has 0 spiro atoms. The smallest absolute Gasteiger partial charge is 0.475 e. The Kier molecular flexibility index (Phi) is 12.6. The molecular formula is C20H31F6N5O5. The van der Waals surface area contributed by atoms with Gasteiger partial charge in [0.2, 0.25) is 0 Å². The van der Waals surface area contributed by atoms with Crippen LogP contribution in [0.2, 0.25) is 0 Å². The molecule has 2 aliphatic rings. The Morgan fingerprint density at radius 3 is 1.94 bits per heavy atom. The lowest BCUT2D eigenvalue weighted by molar-refractivity contribution is -0.193. The van der Waals surface area contributed by atoms with Gasteiger partial charge in [0.25, 0.3) is 0 Å². The van der Waals surface area contributed by atoms with Crippen LogP contribution in [0.3, 0.4) is 0 Å². The molecule has 0 aliphatic carbocycles. The molecule has 3 rings (SSSR count). The molecule has 2 N–H and O–H groups in total. The van der Waals surface area contributed by atoms with Gasteiger partial charge in [0.15, 0.2) is 0 Å². The maximum Gasteiger partial charge on any atom is 0.490 e. The van der Waals surface area contributed by atoms with Gasteiger partial charge in [-0.15, -0.1) is 5.10 Å². The van der Waals surface area contributed by atoms with Gasteiger partial charge in [-0.3, -0.25) is 4.90 Å². The molecular weight excluding hydrogens is 504 g/mol. The van der Waals surface area contributed by atoms with Crippen LogP contribution in [0, 0.1) is 0 Å².